The van der Waals surface area contributed by atoms with E-state index < -0.39 is 0 Å². The Hall–Kier alpha value is -1.55. The molecule has 0 aliphatic carbocycles. The van der Waals surface area contributed by atoms with Crippen LogP contribution in [0.4, 0.5) is 0 Å². The molecule has 3 nitrogen and oxygen atoms in total. The second kappa shape index (κ2) is 3.90. The molecule has 0 saturated carbocycles. The molecule has 1 aromatic heterocycles. The van der Waals surface area contributed by atoms with Crippen LogP contribution in [0.15, 0.2) is 35.1 Å². The first-order valence-electron chi connectivity index (χ1n) is 4.72. The van der Waals surface area contributed by atoms with E-state index in [9.17, 15) is 9.90 Å². The van der Waals surface area contributed by atoms with E-state index in [1.54, 1.807) is 0 Å². The summed E-state index contributed by atoms with van der Waals surface area (Å²) >= 11 is 1.29. The average Bonchev–Trinajstić information content (AvgIpc) is 2.57. The fourth-order valence-electron chi connectivity index (χ4n) is 1.40. The second-order valence-corrected chi connectivity index (χ2v) is 4.17. The molecule has 2 aromatic rings. The van der Waals surface area contributed by atoms with Crippen LogP contribution in [0.2, 0.25) is 0 Å². The summed E-state index contributed by atoms with van der Waals surface area (Å²) in [7, 11) is 0. The highest BCUT2D eigenvalue weighted by molar-refractivity contribution is 7.10. The predicted octanol–water partition coefficient (Wildman–Crippen LogP) is 2.30. The minimum Gasteiger partial charge on any atom is -0.502 e. The van der Waals surface area contributed by atoms with Crippen molar-refractivity contribution in [1.82, 2.24) is 3.96 Å². The summed E-state index contributed by atoms with van der Waals surface area (Å²) in [5, 5.41) is 9.68. The molecular weight excluding hydrogens is 210 g/mol. The van der Waals surface area contributed by atoms with Crippen LogP contribution < -0.4 is 5.56 Å². The normalized spacial score (nSPS) is 10.5. The minimum absolute atomic E-state index is 0.145. The predicted molar refractivity (Wildman–Crippen MR) is 61.4 cm³/mol. The third kappa shape index (κ3) is 1.68. The first kappa shape index (κ1) is 9.98. The molecule has 0 saturated heterocycles. The van der Waals surface area contributed by atoms with Gasteiger partial charge in [0.2, 0.25) is 5.75 Å². The van der Waals surface area contributed by atoms with Crippen LogP contribution in [0.1, 0.15) is 6.92 Å². The van der Waals surface area contributed by atoms with E-state index in [-0.39, 0.29) is 11.3 Å². The molecule has 1 N–H and O–H groups in total. The van der Waals surface area contributed by atoms with E-state index in [1.807, 2.05) is 37.3 Å². The van der Waals surface area contributed by atoms with Gasteiger partial charge in [-0.3, -0.25) is 8.75 Å². The summed E-state index contributed by atoms with van der Waals surface area (Å²) in [6, 6.07) is 9.43. The van der Waals surface area contributed by atoms with E-state index in [1.165, 1.54) is 15.5 Å². The van der Waals surface area contributed by atoms with Crippen LogP contribution in [0.3, 0.4) is 0 Å². The topological polar surface area (TPSA) is 42.2 Å². The summed E-state index contributed by atoms with van der Waals surface area (Å²) in [5.41, 5.74) is 0.575. The van der Waals surface area contributed by atoms with Gasteiger partial charge >= 0.3 is 5.56 Å². The van der Waals surface area contributed by atoms with Crippen molar-refractivity contribution >= 4 is 11.5 Å². The molecule has 2 rings (SSSR count). The Morgan fingerprint density at radius 2 is 2.00 bits per heavy atom. The Morgan fingerprint density at radius 3 is 2.53 bits per heavy atom. The van der Waals surface area contributed by atoms with Crippen LogP contribution in [-0.2, 0) is 6.54 Å². The van der Waals surface area contributed by atoms with E-state index in [2.05, 4.69) is 0 Å². The molecule has 78 valence electrons. The Morgan fingerprint density at radius 1 is 1.33 bits per heavy atom. The van der Waals surface area contributed by atoms with Crippen molar-refractivity contribution in [2.75, 3.05) is 0 Å². The van der Waals surface area contributed by atoms with Gasteiger partial charge < -0.3 is 5.11 Å². The van der Waals surface area contributed by atoms with E-state index in [0.717, 1.165) is 5.56 Å². The van der Waals surface area contributed by atoms with E-state index in [0.29, 0.717) is 11.4 Å². The molecule has 0 atom stereocenters. The van der Waals surface area contributed by atoms with Crippen molar-refractivity contribution in [2.24, 2.45) is 0 Å². The molecule has 4 heteroatoms. The lowest BCUT2D eigenvalue weighted by Gasteiger charge is -1.95. The second-order valence-electron chi connectivity index (χ2n) is 3.13. The fourth-order valence-corrected chi connectivity index (χ4v) is 2.33. The number of hydrogen-bond acceptors (Lipinski definition) is 3. The van der Waals surface area contributed by atoms with E-state index in [4.69, 9.17) is 0 Å². The highest BCUT2D eigenvalue weighted by Crippen LogP contribution is 2.30. The van der Waals surface area contributed by atoms with Gasteiger partial charge in [-0.05, 0) is 12.5 Å². The Bertz CT molecular complexity index is 513. The molecule has 1 heterocycles. The lowest BCUT2D eigenvalue weighted by Crippen LogP contribution is -2.10. The number of nitrogens with zero attached hydrogens (tertiary/aromatic N) is 1. The standard InChI is InChI=1S/C11H11NO2S/c1-2-12-11(14)9(13)10(15-12)8-6-4-3-5-7-8/h3-7,13H,2H2,1H3. The van der Waals surface area contributed by atoms with Crippen molar-refractivity contribution in [1.29, 1.82) is 0 Å². The van der Waals surface area contributed by atoms with Gasteiger partial charge in [0.05, 0.1) is 4.88 Å². The van der Waals surface area contributed by atoms with Crippen LogP contribution in [0.5, 0.6) is 5.75 Å². The molecule has 15 heavy (non-hydrogen) atoms. The lowest BCUT2D eigenvalue weighted by molar-refractivity contribution is 0.468. The molecule has 0 unspecified atom stereocenters. The first-order valence-corrected chi connectivity index (χ1v) is 5.50. The number of aromatic hydroxyl groups is 1. The monoisotopic (exact) mass is 221 g/mol. The zero-order valence-electron chi connectivity index (χ0n) is 8.30. The molecule has 0 radical (unpaired) electrons. The van der Waals surface area contributed by atoms with Gasteiger partial charge in [-0.15, -0.1) is 0 Å². The fraction of sp³-hybridized carbons (Fsp3) is 0.182. The summed E-state index contributed by atoms with van der Waals surface area (Å²) in [5.74, 6) is -0.145. The molecule has 0 aliphatic rings. The number of hydrogen-bond donors (Lipinski definition) is 1. The SMILES string of the molecule is CCn1sc(-c2ccccc2)c(O)c1=O. The molecule has 0 spiro atoms. The quantitative estimate of drug-likeness (QED) is 0.845. The first-order chi connectivity index (χ1) is 7.24. The maximum absolute atomic E-state index is 11.5. The lowest BCUT2D eigenvalue weighted by atomic mass is 10.2. The van der Waals surface area contributed by atoms with Gasteiger partial charge in [0.15, 0.2) is 0 Å². The van der Waals surface area contributed by atoms with Crippen LogP contribution in [0, 0.1) is 0 Å². The highest BCUT2D eigenvalue weighted by atomic mass is 32.1. The van der Waals surface area contributed by atoms with Crippen molar-refractivity contribution in [3.05, 3.63) is 40.7 Å². The van der Waals surface area contributed by atoms with Crippen LogP contribution >= 0.6 is 11.5 Å². The molecular formula is C11H11NO2S. The van der Waals surface area contributed by atoms with Gasteiger partial charge in [0.1, 0.15) is 0 Å². The number of benzene rings is 1. The average molecular weight is 221 g/mol. The maximum Gasteiger partial charge on any atom is 0.303 e. The smallest absolute Gasteiger partial charge is 0.303 e. The number of aryl methyl sites for hydroxylation is 1. The van der Waals surface area contributed by atoms with Gasteiger partial charge in [-0.2, -0.15) is 0 Å². The summed E-state index contributed by atoms with van der Waals surface area (Å²) in [6.45, 7) is 2.47. The van der Waals surface area contributed by atoms with Gasteiger partial charge in [-0.1, -0.05) is 41.9 Å². The Balaban J connectivity index is 2.60. The van der Waals surface area contributed by atoms with Gasteiger partial charge in [-0.25, -0.2) is 0 Å². The summed E-state index contributed by atoms with van der Waals surface area (Å²) in [6.07, 6.45) is 0. The maximum atomic E-state index is 11.5. The zero-order chi connectivity index (χ0) is 10.8. The molecule has 1 aromatic carbocycles. The molecule has 0 fully saturated rings. The van der Waals surface area contributed by atoms with Gasteiger partial charge in [0, 0.05) is 6.54 Å². The Labute approximate surface area is 91.4 Å². The number of aromatic nitrogens is 1. The van der Waals surface area contributed by atoms with Crippen molar-refractivity contribution in [3.8, 4) is 16.2 Å². The van der Waals surface area contributed by atoms with Crippen molar-refractivity contribution in [2.45, 2.75) is 13.5 Å². The van der Waals surface area contributed by atoms with Crippen molar-refractivity contribution in [3.63, 3.8) is 0 Å². The molecule has 0 aliphatic heterocycles. The largest absolute Gasteiger partial charge is 0.502 e. The Kier molecular flexibility index (Phi) is 2.60. The van der Waals surface area contributed by atoms with Gasteiger partial charge in [0.25, 0.3) is 0 Å². The number of rotatable bonds is 2. The summed E-state index contributed by atoms with van der Waals surface area (Å²) in [4.78, 5) is 12.2. The highest BCUT2D eigenvalue weighted by Gasteiger charge is 2.13. The van der Waals surface area contributed by atoms with Crippen LogP contribution in [0.25, 0.3) is 10.4 Å². The zero-order valence-corrected chi connectivity index (χ0v) is 9.12. The third-order valence-electron chi connectivity index (χ3n) is 2.17. The van der Waals surface area contributed by atoms with Crippen molar-refractivity contribution < 1.29 is 5.11 Å². The third-order valence-corrected chi connectivity index (χ3v) is 3.42. The minimum atomic E-state index is -0.304. The molecule has 0 amide bonds. The summed E-state index contributed by atoms with van der Waals surface area (Å²) < 4.78 is 1.54. The van der Waals surface area contributed by atoms with E-state index >= 15 is 0 Å². The molecule has 0 bridgehead atoms. The van der Waals surface area contributed by atoms with Crippen LogP contribution in [-0.4, -0.2) is 9.06 Å².